The van der Waals surface area contributed by atoms with Crippen molar-refractivity contribution in [3.05, 3.63) is 41.7 Å². The summed E-state index contributed by atoms with van der Waals surface area (Å²) in [5.41, 5.74) is 2.45. The van der Waals surface area contributed by atoms with Crippen molar-refractivity contribution >= 4 is 11.5 Å². The zero-order chi connectivity index (χ0) is 17.2. The van der Waals surface area contributed by atoms with E-state index in [1.165, 1.54) is 30.5 Å². The number of amides is 1. The first kappa shape index (κ1) is 16.8. The molecule has 1 amide bonds. The molecule has 1 saturated carbocycles. The van der Waals surface area contributed by atoms with Crippen molar-refractivity contribution in [2.24, 2.45) is 5.92 Å². The van der Waals surface area contributed by atoms with Crippen LogP contribution in [0.4, 0.5) is 4.39 Å². The third-order valence-electron chi connectivity index (χ3n) is 5.92. The van der Waals surface area contributed by atoms with Crippen molar-refractivity contribution in [2.45, 2.75) is 44.6 Å². The van der Waals surface area contributed by atoms with Crippen LogP contribution in [0.5, 0.6) is 0 Å². The van der Waals surface area contributed by atoms with Gasteiger partial charge in [0.1, 0.15) is 5.82 Å². The maximum Gasteiger partial charge on any atom is 0.222 e. The lowest BCUT2D eigenvalue weighted by Crippen LogP contribution is -2.39. The Balaban J connectivity index is 1.35. The summed E-state index contributed by atoms with van der Waals surface area (Å²) in [6, 6.07) is 7.33. The molecular weight excluding hydrogens is 315 g/mol. The van der Waals surface area contributed by atoms with E-state index in [0.29, 0.717) is 18.4 Å². The summed E-state index contributed by atoms with van der Waals surface area (Å²) in [5.74, 6) is 0.950. The zero-order valence-electron chi connectivity index (χ0n) is 14.8. The minimum atomic E-state index is -0.180. The molecule has 3 aliphatic rings. The van der Waals surface area contributed by atoms with E-state index in [0.717, 1.165) is 56.9 Å². The first-order valence-electron chi connectivity index (χ1n) is 9.66. The molecule has 1 aliphatic carbocycles. The lowest BCUT2D eigenvalue weighted by molar-refractivity contribution is -0.130. The van der Waals surface area contributed by atoms with Gasteiger partial charge in [-0.15, -0.1) is 0 Å². The summed E-state index contributed by atoms with van der Waals surface area (Å²) in [6.07, 6.45) is 8.67. The summed E-state index contributed by atoms with van der Waals surface area (Å²) >= 11 is 0. The zero-order valence-corrected chi connectivity index (χ0v) is 14.8. The largest absolute Gasteiger partial charge is 0.342 e. The predicted molar refractivity (Wildman–Crippen MR) is 97.5 cm³/mol. The number of nitrogens with zero attached hydrogens (tertiary/aromatic N) is 2. The number of carbonyl (C=O) groups excluding carboxylic acids is 1. The minimum Gasteiger partial charge on any atom is -0.342 e. The van der Waals surface area contributed by atoms with Crippen LogP contribution in [-0.4, -0.2) is 47.9 Å². The molecule has 0 spiro atoms. The molecule has 3 nitrogen and oxygen atoms in total. The SMILES string of the molecule is O=C1CCC(N2CC=C(c3ccc(F)cc3)CC2)CCN1CC1CC1. The van der Waals surface area contributed by atoms with Gasteiger partial charge in [0.2, 0.25) is 5.91 Å². The second kappa shape index (κ2) is 7.28. The number of halogens is 1. The van der Waals surface area contributed by atoms with E-state index in [1.54, 1.807) is 0 Å². The number of hydrogen-bond acceptors (Lipinski definition) is 2. The van der Waals surface area contributed by atoms with E-state index in [9.17, 15) is 9.18 Å². The number of likely N-dealkylation sites (tertiary alicyclic amines) is 1. The van der Waals surface area contributed by atoms with Crippen LogP contribution >= 0.6 is 0 Å². The maximum atomic E-state index is 13.1. The molecule has 2 heterocycles. The molecule has 0 radical (unpaired) electrons. The average Bonchev–Trinajstić information content (AvgIpc) is 3.46. The van der Waals surface area contributed by atoms with Gasteiger partial charge in [0.15, 0.2) is 0 Å². The van der Waals surface area contributed by atoms with Gasteiger partial charge in [-0.1, -0.05) is 18.2 Å². The van der Waals surface area contributed by atoms with Crippen LogP contribution in [0.3, 0.4) is 0 Å². The Labute approximate surface area is 149 Å². The van der Waals surface area contributed by atoms with E-state index in [1.807, 2.05) is 12.1 Å². The van der Waals surface area contributed by atoms with Crippen LogP contribution < -0.4 is 0 Å². The standard InChI is InChI=1S/C21H27FN2O/c22-19-5-3-17(4-6-19)18-9-12-23(13-10-18)20-7-8-21(25)24(14-11-20)15-16-1-2-16/h3-6,9,16,20H,1-2,7-8,10-15H2. The lowest BCUT2D eigenvalue weighted by Gasteiger charge is -2.33. The highest BCUT2D eigenvalue weighted by molar-refractivity contribution is 5.76. The lowest BCUT2D eigenvalue weighted by atomic mass is 9.97. The van der Waals surface area contributed by atoms with E-state index in [4.69, 9.17) is 0 Å². The average molecular weight is 342 g/mol. The fourth-order valence-electron chi connectivity index (χ4n) is 4.14. The summed E-state index contributed by atoms with van der Waals surface area (Å²) in [6.45, 7) is 3.88. The molecule has 1 aromatic rings. The summed E-state index contributed by atoms with van der Waals surface area (Å²) in [5, 5.41) is 0. The highest BCUT2D eigenvalue weighted by Crippen LogP contribution is 2.31. The second-order valence-corrected chi connectivity index (χ2v) is 7.75. The van der Waals surface area contributed by atoms with Crippen LogP contribution in [0.1, 0.15) is 44.1 Å². The maximum absolute atomic E-state index is 13.1. The number of rotatable bonds is 4. The van der Waals surface area contributed by atoms with Gasteiger partial charge < -0.3 is 4.90 Å². The van der Waals surface area contributed by atoms with Crippen LogP contribution in [0.2, 0.25) is 0 Å². The van der Waals surface area contributed by atoms with Crippen molar-refractivity contribution in [1.82, 2.24) is 9.80 Å². The Kier molecular flexibility index (Phi) is 4.89. The van der Waals surface area contributed by atoms with E-state index in [2.05, 4.69) is 15.9 Å². The quantitative estimate of drug-likeness (QED) is 0.833. The Hall–Kier alpha value is -1.68. The van der Waals surface area contributed by atoms with Crippen LogP contribution in [0.15, 0.2) is 30.3 Å². The van der Waals surface area contributed by atoms with Gasteiger partial charge in [0.25, 0.3) is 0 Å². The number of hydrogen-bond donors (Lipinski definition) is 0. The predicted octanol–water partition coefficient (Wildman–Crippen LogP) is 3.71. The van der Waals surface area contributed by atoms with Crippen molar-refractivity contribution < 1.29 is 9.18 Å². The first-order chi connectivity index (χ1) is 12.2. The highest BCUT2D eigenvalue weighted by atomic mass is 19.1. The Morgan fingerprint density at radius 1 is 1.00 bits per heavy atom. The second-order valence-electron chi connectivity index (χ2n) is 7.75. The van der Waals surface area contributed by atoms with E-state index in [-0.39, 0.29) is 5.82 Å². The molecule has 25 heavy (non-hydrogen) atoms. The van der Waals surface area contributed by atoms with Crippen molar-refractivity contribution in [3.63, 3.8) is 0 Å². The van der Waals surface area contributed by atoms with Crippen LogP contribution in [0, 0.1) is 11.7 Å². The van der Waals surface area contributed by atoms with Gasteiger partial charge in [0.05, 0.1) is 0 Å². The van der Waals surface area contributed by atoms with E-state index < -0.39 is 0 Å². The molecule has 1 atom stereocenters. The molecule has 2 aliphatic heterocycles. The normalized spacial score (nSPS) is 25.6. The van der Waals surface area contributed by atoms with Gasteiger partial charge in [-0.05, 0) is 61.3 Å². The molecular formula is C21H27FN2O. The van der Waals surface area contributed by atoms with Gasteiger partial charge >= 0.3 is 0 Å². The monoisotopic (exact) mass is 342 g/mol. The summed E-state index contributed by atoms with van der Waals surface area (Å²) in [4.78, 5) is 17.0. The molecule has 1 saturated heterocycles. The number of benzene rings is 1. The Bertz CT molecular complexity index is 650. The summed E-state index contributed by atoms with van der Waals surface area (Å²) in [7, 11) is 0. The number of carbonyl (C=O) groups is 1. The first-order valence-corrected chi connectivity index (χ1v) is 9.66. The molecule has 0 bridgehead atoms. The molecule has 1 aromatic carbocycles. The molecule has 2 fully saturated rings. The third kappa shape index (κ3) is 4.12. The van der Waals surface area contributed by atoms with Crippen LogP contribution in [0.25, 0.3) is 5.57 Å². The van der Waals surface area contributed by atoms with Gasteiger partial charge in [-0.3, -0.25) is 9.69 Å². The molecule has 0 N–H and O–H groups in total. The Morgan fingerprint density at radius 2 is 1.80 bits per heavy atom. The highest BCUT2D eigenvalue weighted by Gasteiger charge is 2.31. The van der Waals surface area contributed by atoms with Gasteiger partial charge in [0, 0.05) is 38.6 Å². The molecule has 0 aromatic heterocycles. The fraction of sp³-hybridized carbons (Fsp3) is 0.571. The van der Waals surface area contributed by atoms with E-state index >= 15 is 0 Å². The van der Waals surface area contributed by atoms with Crippen LogP contribution in [-0.2, 0) is 4.79 Å². The van der Waals surface area contributed by atoms with Crippen molar-refractivity contribution in [3.8, 4) is 0 Å². The smallest absolute Gasteiger partial charge is 0.222 e. The molecule has 4 rings (SSSR count). The Morgan fingerprint density at radius 3 is 2.48 bits per heavy atom. The van der Waals surface area contributed by atoms with Crippen molar-refractivity contribution in [1.29, 1.82) is 0 Å². The summed E-state index contributed by atoms with van der Waals surface area (Å²) < 4.78 is 13.1. The fourth-order valence-corrected chi connectivity index (χ4v) is 4.14. The molecule has 4 heteroatoms. The molecule has 134 valence electrons. The third-order valence-corrected chi connectivity index (χ3v) is 5.92. The molecule has 1 unspecified atom stereocenters. The van der Waals surface area contributed by atoms with Gasteiger partial charge in [-0.25, -0.2) is 4.39 Å². The minimum absolute atomic E-state index is 0.180. The topological polar surface area (TPSA) is 23.6 Å². The van der Waals surface area contributed by atoms with Crippen molar-refractivity contribution in [2.75, 3.05) is 26.2 Å². The van der Waals surface area contributed by atoms with Gasteiger partial charge in [-0.2, -0.15) is 0 Å².